The van der Waals surface area contributed by atoms with Crippen molar-refractivity contribution in [2.75, 3.05) is 0 Å². The van der Waals surface area contributed by atoms with Crippen LogP contribution < -0.4 is 0 Å². The average Bonchev–Trinajstić information content (AvgIpc) is 3.62. The molecule has 0 spiro atoms. The molecule has 4 nitrogen and oxygen atoms in total. The Hall–Kier alpha value is -4.83. The number of imidazole rings is 1. The van der Waals surface area contributed by atoms with Crippen LogP contribution in [0.3, 0.4) is 0 Å². The van der Waals surface area contributed by atoms with Crippen molar-refractivity contribution in [3.63, 3.8) is 0 Å². The highest BCUT2D eigenvalue weighted by Gasteiger charge is 2.21. The van der Waals surface area contributed by atoms with Crippen LogP contribution in [0.5, 0.6) is 0 Å². The molecule has 0 atom stereocenters. The molecule has 0 aliphatic rings. The van der Waals surface area contributed by atoms with Gasteiger partial charge in [0.2, 0.25) is 0 Å². The monoisotopic (exact) mass is 478 g/mol. The Balaban J connectivity index is 1.49. The zero-order chi connectivity index (χ0) is 24.5. The Morgan fingerprint density at radius 1 is 0.649 bits per heavy atom. The van der Waals surface area contributed by atoms with Crippen LogP contribution in [0, 0.1) is 0 Å². The number of furan rings is 2. The molecular weight excluding hydrogens is 456 g/mol. The molecule has 3 heterocycles. The topological polar surface area (TPSA) is 44.1 Å². The molecule has 0 unspecified atom stereocenters. The van der Waals surface area contributed by atoms with Crippen LogP contribution >= 0.6 is 0 Å². The zero-order valence-corrected chi connectivity index (χ0v) is 20.2. The molecule has 4 heteroatoms. The van der Waals surface area contributed by atoms with Crippen molar-refractivity contribution in [3.05, 3.63) is 109 Å². The lowest BCUT2D eigenvalue weighted by Crippen LogP contribution is -2.00. The maximum absolute atomic E-state index is 6.51. The van der Waals surface area contributed by atoms with E-state index in [0.29, 0.717) is 0 Å². The van der Waals surface area contributed by atoms with Gasteiger partial charge in [-0.3, -0.25) is 4.57 Å². The minimum absolute atomic E-state index is 0.839. The quantitative estimate of drug-likeness (QED) is 0.254. The number of hydrogen-bond acceptors (Lipinski definition) is 3. The van der Waals surface area contributed by atoms with E-state index in [0.717, 1.165) is 84.0 Å². The van der Waals surface area contributed by atoms with Crippen LogP contribution in [-0.4, -0.2) is 9.55 Å². The number of aryl methyl sites for hydroxylation is 1. The van der Waals surface area contributed by atoms with Crippen LogP contribution in [0.15, 0.2) is 112 Å². The van der Waals surface area contributed by atoms with Gasteiger partial charge in [0.05, 0.1) is 16.6 Å². The lowest BCUT2D eigenvalue weighted by atomic mass is 9.98. The first-order valence-corrected chi connectivity index (χ1v) is 12.6. The van der Waals surface area contributed by atoms with E-state index in [2.05, 4.69) is 84.3 Å². The maximum Gasteiger partial charge on any atom is 0.147 e. The first kappa shape index (κ1) is 20.4. The van der Waals surface area contributed by atoms with Crippen molar-refractivity contribution in [3.8, 4) is 16.8 Å². The fourth-order valence-electron chi connectivity index (χ4n) is 5.70. The highest BCUT2D eigenvalue weighted by atomic mass is 16.3. The largest absolute Gasteiger partial charge is 0.455 e. The van der Waals surface area contributed by atoms with Crippen LogP contribution in [0.2, 0.25) is 0 Å². The number of para-hydroxylation sites is 4. The molecule has 5 aromatic carbocycles. The first-order chi connectivity index (χ1) is 18.3. The van der Waals surface area contributed by atoms with E-state index in [1.54, 1.807) is 0 Å². The van der Waals surface area contributed by atoms with Gasteiger partial charge in [-0.15, -0.1) is 0 Å². The van der Waals surface area contributed by atoms with Crippen molar-refractivity contribution in [2.24, 2.45) is 0 Å². The van der Waals surface area contributed by atoms with Crippen LogP contribution in [-0.2, 0) is 6.42 Å². The van der Waals surface area contributed by atoms with Gasteiger partial charge in [-0.2, -0.15) is 0 Å². The Kier molecular flexibility index (Phi) is 4.17. The molecule has 176 valence electrons. The van der Waals surface area contributed by atoms with Crippen molar-refractivity contribution in [2.45, 2.75) is 13.3 Å². The summed E-state index contributed by atoms with van der Waals surface area (Å²) in [6, 6.07) is 35.6. The second-order valence-corrected chi connectivity index (χ2v) is 9.46. The van der Waals surface area contributed by atoms with Crippen molar-refractivity contribution < 1.29 is 8.83 Å². The number of hydrogen-bond donors (Lipinski definition) is 0. The maximum atomic E-state index is 6.51. The van der Waals surface area contributed by atoms with E-state index in [4.69, 9.17) is 13.8 Å². The van der Waals surface area contributed by atoms with Gasteiger partial charge in [-0.1, -0.05) is 67.6 Å². The minimum Gasteiger partial charge on any atom is -0.455 e. The molecule has 0 N–H and O–H groups in total. The van der Waals surface area contributed by atoms with Gasteiger partial charge in [-0.05, 0) is 48.0 Å². The molecule has 3 aromatic heterocycles. The zero-order valence-electron chi connectivity index (χ0n) is 20.2. The van der Waals surface area contributed by atoms with Crippen molar-refractivity contribution in [1.29, 1.82) is 0 Å². The predicted octanol–water partition coefficient (Wildman–Crippen LogP) is 9.05. The summed E-state index contributed by atoms with van der Waals surface area (Å²) >= 11 is 0. The van der Waals surface area contributed by atoms with Gasteiger partial charge < -0.3 is 8.83 Å². The number of rotatable bonds is 3. The minimum atomic E-state index is 0.839. The third-order valence-electron chi connectivity index (χ3n) is 7.35. The second-order valence-electron chi connectivity index (χ2n) is 9.46. The smallest absolute Gasteiger partial charge is 0.147 e. The molecule has 0 amide bonds. The van der Waals surface area contributed by atoms with E-state index in [1.807, 2.05) is 30.3 Å². The van der Waals surface area contributed by atoms with Gasteiger partial charge in [0.15, 0.2) is 0 Å². The van der Waals surface area contributed by atoms with Crippen molar-refractivity contribution >= 4 is 54.9 Å². The fraction of sp³-hybridized carbons (Fsp3) is 0.0606. The lowest BCUT2D eigenvalue weighted by molar-refractivity contribution is 0.658. The average molecular weight is 479 g/mol. The lowest BCUT2D eigenvalue weighted by Gasteiger charge is -2.11. The predicted molar refractivity (Wildman–Crippen MR) is 150 cm³/mol. The first-order valence-electron chi connectivity index (χ1n) is 12.6. The number of nitrogens with zero attached hydrogens (tertiary/aromatic N) is 2. The summed E-state index contributed by atoms with van der Waals surface area (Å²) in [7, 11) is 0. The normalized spacial score (nSPS) is 12.0. The van der Waals surface area contributed by atoms with E-state index < -0.39 is 0 Å². The van der Waals surface area contributed by atoms with Gasteiger partial charge in [0.25, 0.3) is 0 Å². The van der Waals surface area contributed by atoms with E-state index in [1.165, 1.54) is 0 Å². The molecular formula is C33H22N2O2. The van der Waals surface area contributed by atoms with Crippen molar-refractivity contribution in [1.82, 2.24) is 9.55 Å². The Morgan fingerprint density at radius 3 is 2.00 bits per heavy atom. The highest BCUT2D eigenvalue weighted by Crippen LogP contribution is 2.44. The molecule has 0 fully saturated rings. The van der Waals surface area contributed by atoms with Gasteiger partial charge in [-0.25, -0.2) is 4.98 Å². The van der Waals surface area contributed by atoms with Crippen LogP contribution in [0.1, 0.15) is 12.7 Å². The van der Waals surface area contributed by atoms with Crippen LogP contribution in [0.25, 0.3) is 71.7 Å². The molecule has 8 rings (SSSR count). The second kappa shape index (κ2) is 7.58. The molecule has 0 aliphatic heterocycles. The Bertz CT molecular complexity index is 2050. The molecule has 0 saturated heterocycles. The number of benzene rings is 5. The van der Waals surface area contributed by atoms with E-state index >= 15 is 0 Å². The summed E-state index contributed by atoms with van der Waals surface area (Å²) < 4.78 is 15.3. The van der Waals surface area contributed by atoms with Gasteiger partial charge in [0, 0.05) is 33.7 Å². The number of aromatic nitrogens is 2. The SMILES string of the molecule is CCc1nc2ccccc2n1-c1cccc(-c2c3oc4ccccc4c3cc3c2oc2ccccc23)c1. The summed E-state index contributed by atoms with van der Waals surface area (Å²) in [5.74, 6) is 1.04. The molecule has 0 bridgehead atoms. The molecule has 0 saturated carbocycles. The Morgan fingerprint density at radius 2 is 1.30 bits per heavy atom. The summed E-state index contributed by atoms with van der Waals surface area (Å²) in [5.41, 5.74) is 8.64. The summed E-state index contributed by atoms with van der Waals surface area (Å²) in [6.45, 7) is 2.15. The van der Waals surface area contributed by atoms with Gasteiger partial charge in [0.1, 0.15) is 28.2 Å². The Labute approximate surface area is 212 Å². The van der Waals surface area contributed by atoms with Crippen LogP contribution in [0.4, 0.5) is 0 Å². The molecule has 8 aromatic rings. The van der Waals surface area contributed by atoms with E-state index in [-0.39, 0.29) is 0 Å². The van der Waals surface area contributed by atoms with E-state index in [9.17, 15) is 0 Å². The molecule has 0 radical (unpaired) electrons. The highest BCUT2D eigenvalue weighted by molar-refractivity contribution is 6.22. The standard InChI is InChI=1S/C33H22N2O2/c1-2-30-34-26-14-5-6-15-27(26)35(30)21-11-9-10-20(18-21)31-32-24(22-12-3-7-16-28(22)36-32)19-25-23-13-4-8-17-29(23)37-33(25)31/h3-19H,2H2,1H3. The third-order valence-corrected chi connectivity index (χ3v) is 7.35. The molecule has 0 aliphatic carbocycles. The number of fused-ring (bicyclic) bond motifs is 7. The fourth-order valence-corrected chi connectivity index (χ4v) is 5.70. The third kappa shape index (κ3) is 2.87. The summed E-state index contributed by atoms with van der Waals surface area (Å²) in [6.07, 6.45) is 0.839. The summed E-state index contributed by atoms with van der Waals surface area (Å²) in [4.78, 5) is 4.89. The van der Waals surface area contributed by atoms with Gasteiger partial charge >= 0.3 is 0 Å². The molecule has 37 heavy (non-hydrogen) atoms. The summed E-state index contributed by atoms with van der Waals surface area (Å²) in [5, 5.41) is 4.40.